The number of nitrogens with two attached hydrogens (primary N) is 1. The van der Waals surface area contributed by atoms with Crippen molar-refractivity contribution in [1.29, 1.82) is 0 Å². The zero-order valence-electron chi connectivity index (χ0n) is 5.40. The largest absolute Gasteiger partial charge is 0.378 e. The van der Waals surface area contributed by atoms with Crippen LogP contribution in [0.1, 0.15) is 0 Å². The Kier molecular flexibility index (Phi) is 1.99. The summed E-state index contributed by atoms with van der Waals surface area (Å²) in [6.45, 7) is 0. The standard InChI is InChI=1S/C7H9NO2/c8-7(10)5-3-1-2-4-6(5)9/h1-5,7,10H,8H2/t5-,7+/m0/s1. The van der Waals surface area contributed by atoms with Gasteiger partial charge in [-0.15, -0.1) is 0 Å². The van der Waals surface area contributed by atoms with Gasteiger partial charge in [-0.25, -0.2) is 0 Å². The Bertz CT molecular complexity index is 194. The number of rotatable bonds is 1. The van der Waals surface area contributed by atoms with Crippen LogP contribution in [0.2, 0.25) is 0 Å². The molecule has 3 N–H and O–H groups in total. The molecule has 0 amide bonds. The van der Waals surface area contributed by atoms with Gasteiger partial charge in [0.2, 0.25) is 0 Å². The molecule has 0 fully saturated rings. The molecule has 0 aromatic heterocycles. The molecule has 0 saturated carbocycles. The SMILES string of the molecule is N[C@H](O)[C@H]1C=CC=CC1=O. The Hall–Kier alpha value is -0.930. The van der Waals surface area contributed by atoms with Crippen LogP contribution < -0.4 is 5.73 Å². The lowest BCUT2D eigenvalue weighted by atomic mass is 9.98. The van der Waals surface area contributed by atoms with Gasteiger partial charge in [0.05, 0.1) is 5.92 Å². The third kappa shape index (κ3) is 1.32. The van der Waals surface area contributed by atoms with Gasteiger partial charge in [-0.2, -0.15) is 0 Å². The topological polar surface area (TPSA) is 63.3 Å². The van der Waals surface area contributed by atoms with Gasteiger partial charge in [-0.1, -0.05) is 18.2 Å². The number of hydrogen-bond donors (Lipinski definition) is 2. The van der Waals surface area contributed by atoms with E-state index < -0.39 is 12.1 Å². The number of hydrogen-bond acceptors (Lipinski definition) is 3. The van der Waals surface area contributed by atoms with E-state index in [2.05, 4.69) is 0 Å². The average Bonchev–Trinajstić information content (AvgIpc) is 1.88. The van der Waals surface area contributed by atoms with Gasteiger partial charge < -0.3 is 10.8 Å². The van der Waals surface area contributed by atoms with Crippen LogP contribution in [0.3, 0.4) is 0 Å². The first-order valence-corrected chi connectivity index (χ1v) is 3.04. The Morgan fingerprint density at radius 2 is 2.30 bits per heavy atom. The molecule has 0 radical (unpaired) electrons. The number of aliphatic hydroxyl groups is 1. The third-order valence-corrected chi connectivity index (χ3v) is 1.39. The maximum Gasteiger partial charge on any atom is 0.166 e. The minimum Gasteiger partial charge on any atom is -0.378 e. The van der Waals surface area contributed by atoms with Crippen molar-refractivity contribution in [2.75, 3.05) is 0 Å². The van der Waals surface area contributed by atoms with Gasteiger partial charge in [0, 0.05) is 0 Å². The lowest BCUT2D eigenvalue weighted by molar-refractivity contribution is -0.119. The van der Waals surface area contributed by atoms with Crippen LogP contribution in [-0.4, -0.2) is 17.1 Å². The van der Waals surface area contributed by atoms with Crippen molar-refractivity contribution in [3.8, 4) is 0 Å². The molecule has 3 heteroatoms. The molecule has 54 valence electrons. The molecule has 0 bridgehead atoms. The van der Waals surface area contributed by atoms with Crippen molar-refractivity contribution >= 4 is 5.78 Å². The normalized spacial score (nSPS) is 27.0. The average molecular weight is 139 g/mol. The van der Waals surface area contributed by atoms with E-state index in [9.17, 15) is 4.79 Å². The van der Waals surface area contributed by atoms with Crippen molar-refractivity contribution in [2.45, 2.75) is 6.23 Å². The number of carbonyl (C=O) groups is 1. The van der Waals surface area contributed by atoms with Crippen LogP contribution in [0.5, 0.6) is 0 Å². The summed E-state index contributed by atoms with van der Waals surface area (Å²) in [6, 6.07) is 0. The van der Waals surface area contributed by atoms with Gasteiger partial charge in [0.1, 0.15) is 6.23 Å². The zero-order chi connectivity index (χ0) is 7.56. The third-order valence-electron chi connectivity index (χ3n) is 1.39. The number of allylic oxidation sites excluding steroid dienone is 3. The van der Waals surface area contributed by atoms with Crippen LogP contribution in [-0.2, 0) is 4.79 Å². The molecule has 0 aromatic carbocycles. The Labute approximate surface area is 58.8 Å². The summed E-state index contributed by atoms with van der Waals surface area (Å²) in [4.78, 5) is 10.9. The van der Waals surface area contributed by atoms with E-state index in [1.807, 2.05) is 0 Å². The summed E-state index contributed by atoms with van der Waals surface area (Å²) in [5.74, 6) is -0.692. The van der Waals surface area contributed by atoms with E-state index in [-0.39, 0.29) is 5.78 Å². The number of ketones is 1. The lowest BCUT2D eigenvalue weighted by Crippen LogP contribution is -2.33. The van der Waals surface area contributed by atoms with E-state index in [4.69, 9.17) is 10.8 Å². The quantitative estimate of drug-likeness (QED) is 0.485. The van der Waals surface area contributed by atoms with Crippen molar-refractivity contribution < 1.29 is 9.90 Å². The van der Waals surface area contributed by atoms with E-state index in [1.54, 1.807) is 18.2 Å². The van der Waals surface area contributed by atoms with Crippen LogP contribution in [0.25, 0.3) is 0 Å². The van der Waals surface area contributed by atoms with Gasteiger partial charge in [-0.3, -0.25) is 4.79 Å². The van der Waals surface area contributed by atoms with Gasteiger partial charge in [-0.05, 0) is 6.08 Å². The maximum atomic E-state index is 10.9. The molecule has 0 spiro atoms. The lowest BCUT2D eigenvalue weighted by Gasteiger charge is -2.13. The van der Waals surface area contributed by atoms with E-state index >= 15 is 0 Å². The second kappa shape index (κ2) is 2.77. The highest BCUT2D eigenvalue weighted by molar-refractivity contribution is 5.94. The highest BCUT2D eigenvalue weighted by atomic mass is 16.3. The molecular weight excluding hydrogens is 130 g/mol. The fraction of sp³-hybridized carbons (Fsp3) is 0.286. The van der Waals surface area contributed by atoms with Crippen molar-refractivity contribution in [1.82, 2.24) is 0 Å². The van der Waals surface area contributed by atoms with Gasteiger partial charge in [0.15, 0.2) is 5.78 Å². The summed E-state index contributed by atoms with van der Waals surface area (Å²) in [6.07, 6.45) is 5.24. The van der Waals surface area contributed by atoms with E-state index in [0.29, 0.717) is 0 Å². The summed E-state index contributed by atoms with van der Waals surface area (Å²) in [7, 11) is 0. The van der Waals surface area contributed by atoms with E-state index in [0.717, 1.165) is 0 Å². The second-order valence-corrected chi connectivity index (χ2v) is 2.16. The summed E-state index contributed by atoms with van der Waals surface area (Å²) < 4.78 is 0. The van der Waals surface area contributed by atoms with Crippen LogP contribution in [0.4, 0.5) is 0 Å². The number of carbonyl (C=O) groups excluding carboxylic acids is 1. The molecule has 1 aliphatic rings. The van der Waals surface area contributed by atoms with Gasteiger partial charge in [0.25, 0.3) is 0 Å². The molecular formula is C7H9NO2. The fourth-order valence-corrected chi connectivity index (χ4v) is 0.822. The molecule has 3 nitrogen and oxygen atoms in total. The van der Waals surface area contributed by atoms with Crippen LogP contribution in [0, 0.1) is 5.92 Å². The van der Waals surface area contributed by atoms with Crippen molar-refractivity contribution in [3.63, 3.8) is 0 Å². The minimum absolute atomic E-state index is 0.141. The van der Waals surface area contributed by atoms with E-state index in [1.165, 1.54) is 6.08 Å². The molecule has 1 aliphatic carbocycles. The first-order chi connectivity index (χ1) is 4.72. The molecule has 10 heavy (non-hydrogen) atoms. The smallest absolute Gasteiger partial charge is 0.166 e. The highest BCUT2D eigenvalue weighted by Crippen LogP contribution is 2.08. The first kappa shape index (κ1) is 7.18. The predicted molar refractivity (Wildman–Crippen MR) is 37.0 cm³/mol. The fourth-order valence-electron chi connectivity index (χ4n) is 0.822. The van der Waals surface area contributed by atoms with Crippen molar-refractivity contribution in [3.05, 3.63) is 24.3 Å². The Balaban J connectivity index is 2.70. The molecule has 0 unspecified atom stereocenters. The first-order valence-electron chi connectivity index (χ1n) is 3.04. The molecule has 0 aliphatic heterocycles. The summed E-state index contributed by atoms with van der Waals surface area (Å²) in [5, 5.41) is 8.82. The minimum atomic E-state index is -1.08. The van der Waals surface area contributed by atoms with Crippen LogP contribution >= 0.6 is 0 Å². The zero-order valence-corrected chi connectivity index (χ0v) is 5.40. The van der Waals surface area contributed by atoms with Crippen LogP contribution in [0.15, 0.2) is 24.3 Å². The highest BCUT2D eigenvalue weighted by Gasteiger charge is 2.19. The maximum absolute atomic E-state index is 10.9. The second-order valence-electron chi connectivity index (χ2n) is 2.16. The number of aliphatic hydroxyl groups excluding tert-OH is 1. The van der Waals surface area contributed by atoms with Gasteiger partial charge >= 0.3 is 0 Å². The summed E-state index contributed by atoms with van der Waals surface area (Å²) >= 11 is 0. The monoisotopic (exact) mass is 139 g/mol. The molecule has 1 rings (SSSR count). The predicted octanol–water partition coefficient (Wildman–Crippen LogP) is -0.425. The van der Waals surface area contributed by atoms with Crippen molar-refractivity contribution in [2.24, 2.45) is 11.7 Å². The molecule has 0 aromatic rings. The Morgan fingerprint density at radius 3 is 2.70 bits per heavy atom. The molecule has 2 atom stereocenters. The molecule has 0 heterocycles. The Morgan fingerprint density at radius 1 is 1.60 bits per heavy atom. The summed E-state index contributed by atoms with van der Waals surface area (Å²) in [5.41, 5.74) is 5.11. The molecule has 0 saturated heterocycles.